The van der Waals surface area contributed by atoms with Crippen LogP contribution in [0.2, 0.25) is 0 Å². The summed E-state index contributed by atoms with van der Waals surface area (Å²) in [6.07, 6.45) is 0. The molecule has 0 atom stereocenters. The van der Waals surface area contributed by atoms with Crippen molar-refractivity contribution in [3.8, 4) is 0 Å². The molecule has 1 aromatic rings. The average molecular weight is 180 g/mol. The van der Waals surface area contributed by atoms with Gasteiger partial charge >= 0.3 is 0 Å². The van der Waals surface area contributed by atoms with Crippen LogP contribution in [-0.2, 0) is 0 Å². The summed E-state index contributed by atoms with van der Waals surface area (Å²) in [4.78, 5) is 0. The first-order valence-corrected chi connectivity index (χ1v) is 4.28. The summed E-state index contributed by atoms with van der Waals surface area (Å²) in [7, 11) is 0. The first-order valence-electron chi connectivity index (χ1n) is 4.28. The van der Waals surface area contributed by atoms with Gasteiger partial charge in [-0.2, -0.15) is 0 Å². The zero-order chi connectivity index (χ0) is 9.90. The molecule has 0 aliphatic heterocycles. The molecule has 0 aliphatic rings. The fourth-order valence-electron chi connectivity index (χ4n) is 1.05. The number of hydrogen-bond acceptors (Lipinski definition) is 3. The highest BCUT2D eigenvalue weighted by atomic mass is 16.3. The minimum Gasteiger partial charge on any atom is -0.399 e. The molecule has 0 unspecified atom stereocenters. The second-order valence-corrected chi connectivity index (χ2v) is 3.79. The zero-order valence-electron chi connectivity index (χ0n) is 8.04. The molecule has 0 heterocycles. The quantitative estimate of drug-likeness (QED) is 0.617. The molecule has 0 radical (unpaired) electrons. The molecular formula is C10H16N2O. The molecule has 0 saturated heterocycles. The maximum atomic E-state index is 9.03. The van der Waals surface area contributed by atoms with Gasteiger partial charge in [0.05, 0.1) is 12.1 Å². The predicted octanol–water partition coefficient (Wildman–Crippen LogP) is 1.45. The predicted molar refractivity (Wildman–Crippen MR) is 55.6 cm³/mol. The average Bonchev–Trinajstić information content (AvgIpc) is 2.03. The molecule has 1 rings (SSSR count). The number of aliphatic hydroxyl groups excluding tert-OH is 1. The summed E-state index contributed by atoms with van der Waals surface area (Å²) in [6, 6.07) is 7.48. The van der Waals surface area contributed by atoms with Crippen molar-refractivity contribution in [3.05, 3.63) is 24.3 Å². The number of aliphatic hydroxyl groups is 1. The number of hydrogen-bond donors (Lipinski definition) is 3. The Bertz CT molecular complexity index is 284. The third kappa shape index (κ3) is 2.95. The van der Waals surface area contributed by atoms with Gasteiger partial charge in [0.15, 0.2) is 0 Å². The van der Waals surface area contributed by atoms with Crippen molar-refractivity contribution in [2.75, 3.05) is 17.7 Å². The Morgan fingerprint density at radius 2 is 2.15 bits per heavy atom. The lowest BCUT2D eigenvalue weighted by Crippen LogP contribution is -2.34. The Morgan fingerprint density at radius 1 is 1.46 bits per heavy atom. The van der Waals surface area contributed by atoms with E-state index in [1.54, 1.807) is 0 Å². The standard InChI is InChI=1S/C10H16N2O/c1-10(2,7-13)12-9-5-3-4-8(11)6-9/h3-6,12-13H,7,11H2,1-2H3. The highest BCUT2D eigenvalue weighted by Gasteiger charge is 2.15. The van der Waals surface area contributed by atoms with Gasteiger partial charge in [-0.25, -0.2) is 0 Å². The Hall–Kier alpha value is -1.22. The van der Waals surface area contributed by atoms with Crippen molar-refractivity contribution < 1.29 is 5.11 Å². The van der Waals surface area contributed by atoms with Crippen molar-refractivity contribution >= 4 is 11.4 Å². The zero-order valence-corrected chi connectivity index (χ0v) is 8.04. The van der Waals surface area contributed by atoms with E-state index in [1.165, 1.54) is 0 Å². The van der Waals surface area contributed by atoms with Crippen molar-refractivity contribution in [3.63, 3.8) is 0 Å². The van der Waals surface area contributed by atoms with E-state index in [-0.39, 0.29) is 12.1 Å². The van der Waals surface area contributed by atoms with E-state index >= 15 is 0 Å². The molecule has 0 fully saturated rings. The minimum atomic E-state index is -0.312. The van der Waals surface area contributed by atoms with Crippen molar-refractivity contribution in [1.29, 1.82) is 0 Å². The van der Waals surface area contributed by atoms with E-state index < -0.39 is 0 Å². The molecule has 0 aromatic heterocycles. The summed E-state index contributed by atoms with van der Waals surface area (Å²) < 4.78 is 0. The lowest BCUT2D eigenvalue weighted by atomic mass is 10.1. The van der Waals surface area contributed by atoms with Gasteiger partial charge in [0.1, 0.15) is 0 Å². The molecule has 13 heavy (non-hydrogen) atoms. The van der Waals surface area contributed by atoms with Crippen LogP contribution in [0.3, 0.4) is 0 Å². The molecule has 4 N–H and O–H groups in total. The second-order valence-electron chi connectivity index (χ2n) is 3.79. The fourth-order valence-corrected chi connectivity index (χ4v) is 1.05. The van der Waals surface area contributed by atoms with Gasteiger partial charge in [-0.1, -0.05) is 6.07 Å². The topological polar surface area (TPSA) is 58.3 Å². The fraction of sp³-hybridized carbons (Fsp3) is 0.400. The monoisotopic (exact) mass is 180 g/mol. The van der Waals surface area contributed by atoms with Gasteiger partial charge in [-0.3, -0.25) is 0 Å². The lowest BCUT2D eigenvalue weighted by molar-refractivity contribution is 0.234. The van der Waals surface area contributed by atoms with Gasteiger partial charge < -0.3 is 16.2 Å². The Morgan fingerprint density at radius 3 is 2.69 bits per heavy atom. The van der Waals surface area contributed by atoms with Gasteiger partial charge in [0.2, 0.25) is 0 Å². The smallest absolute Gasteiger partial charge is 0.0656 e. The van der Waals surface area contributed by atoms with Gasteiger partial charge in [0.25, 0.3) is 0 Å². The Balaban J connectivity index is 2.74. The number of rotatable bonds is 3. The van der Waals surface area contributed by atoms with E-state index in [0.717, 1.165) is 11.4 Å². The highest BCUT2D eigenvalue weighted by Crippen LogP contribution is 2.16. The van der Waals surface area contributed by atoms with Gasteiger partial charge in [-0.15, -0.1) is 0 Å². The lowest BCUT2D eigenvalue weighted by Gasteiger charge is -2.24. The first kappa shape index (κ1) is 9.86. The minimum absolute atomic E-state index is 0.0851. The molecule has 72 valence electrons. The third-order valence-corrected chi connectivity index (χ3v) is 1.76. The molecule has 0 amide bonds. The third-order valence-electron chi connectivity index (χ3n) is 1.76. The Kier molecular flexibility index (Phi) is 2.78. The molecule has 0 spiro atoms. The van der Waals surface area contributed by atoms with E-state index in [9.17, 15) is 0 Å². The molecular weight excluding hydrogens is 164 g/mol. The summed E-state index contributed by atoms with van der Waals surface area (Å²) >= 11 is 0. The summed E-state index contributed by atoms with van der Waals surface area (Å²) in [5.41, 5.74) is 6.96. The van der Waals surface area contributed by atoms with Crippen molar-refractivity contribution in [2.24, 2.45) is 0 Å². The molecule has 0 saturated carbocycles. The second kappa shape index (κ2) is 3.66. The van der Waals surface area contributed by atoms with E-state index in [2.05, 4.69) is 5.32 Å². The highest BCUT2D eigenvalue weighted by molar-refractivity contribution is 5.55. The normalized spacial score (nSPS) is 11.3. The number of nitrogens with two attached hydrogens (primary N) is 1. The van der Waals surface area contributed by atoms with Crippen LogP contribution in [0.4, 0.5) is 11.4 Å². The summed E-state index contributed by atoms with van der Waals surface area (Å²) in [5, 5.41) is 12.2. The first-order chi connectivity index (χ1) is 6.03. The van der Waals surface area contributed by atoms with E-state index in [1.807, 2.05) is 38.1 Å². The van der Waals surface area contributed by atoms with Crippen LogP contribution >= 0.6 is 0 Å². The number of benzene rings is 1. The van der Waals surface area contributed by atoms with Crippen LogP contribution in [0, 0.1) is 0 Å². The van der Waals surface area contributed by atoms with E-state index in [4.69, 9.17) is 10.8 Å². The van der Waals surface area contributed by atoms with Crippen LogP contribution in [0.25, 0.3) is 0 Å². The molecule has 1 aromatic carbocycles. The molecule has 3 heteroatoms. The SMILES string of the molecule is CC(C)(CO)Nc1cccc(N)c1. The van der Waals surface area contributed by atoms with Crippen LogP contribution in [0.5, 0.6) is 0 Å². The molecule has 3 nitrogen and oxygen atoms in total. The van der Waals surface area contributed by atoms with Gasteiger partial charge in [-0.05, 0) is 32.0 Å². The summed E-state index contributed by atoms with van der Waals surface area (Å²) in [6.45, 7) is 3.94. The number of nitrogen functional groups attached to an aromatic ring is 1. The van der Waals surface area contributed by atoms with Gasteiger partial charge in [0, 0.05) is 11.4 Å². The summed E-state index contributed by atoms with van der Waals surface area (Å²) in [5.74, 6) is 0. The van der Waals surface area contributed by atoms with Crippen molar-refractivity contribution in [1.82, 2.24) is 0 Å². The van der Waals surface area contributed by atoms with Crippen LogP contribution in [0.1, 0.15) is 13.8 Å². The van der Waals surface area contributed by atoms with Crippen LogP contribution in [0.15, 0.2) is 24.3 Å². The Labute approximate surface area is 78.6 Å². The molecule has 0 bridgehead atoms. The number of anilines is 2. The largest absolute Gasteiger partial charge is 0.399 e. The number of nitrogens with one attached hydrogen (secondary N) is 1. The van der Waals surface area contributed by atoms with Crippen LogP contribution < -0.4 is 11.1 Å². The maximum absolute atomic E-state index is 9.03. The molecule has 0 aliphatic carbocycles. The van der Waals surface area contributed by atoms with E-state index in [0.29, 0.717) is 0 Å². The van der Waals surface area contributed by atoms with Crippen molar-refractivity contribution in [2.45, 2.75) is 19.4 Å². The van der Waals surface area contributed by atoms with Crippen LogP contribution in [-0.4, -0.2) is 17.3 Å². The maximum Gasteiger partial charge on any atom is 0.0656 e.